The number of hydrogen-bond acceptors (Lipinski definition) is 3. The molecule has 0 aliphatic rings. The zero-order valence-corrected chi connectivity index (χ0v) is 23.0. The minimum atomic E-state index is -0.379. The molecule has 0 bridgehead atoms. The Bertz CT molecular complexity index is 1370. The lowest BCUT2D eigenvalue weighted by Gasteiger charge is -2.26. The Morgan fingerprint density at radius 3 is 2.28 bits per heavy atom. The van der Waals surface area contributed by atoms with Crippen LogP contribution in [0.25, 0.3) is 0 Å². The van der Waals surface area contributed by atoms with Crippen LogP contribution in [0.5, 0.6) is 5.75 Å². The lowest BCUT2D eigenvalue weighted by atomic mass is 10.0. The summed E-state index contributed by atoms with van der Waals surface area (Å²) in [5, 5.41) is 0. The Labute approximate surface area is 231 Å². The third-order valence-corrected chi connectivity index (χ3v) is 6.69. The number of amides is 1. The summed E-state index contributed by atoms with van der Waals surface area (Å²) in [6.45, 7) is 7.25. The highest BCUT2D eigenvalue weighted by Gasteiger charge is 2.19. The van der Waals surface area contributed by atoms with Gasteiger partial charge in [-0.15, -0.1) is 0 Å². The summed E-state index contributed by atoms with van der Waals surface area (Å²) < 4.78 is 26.3. The number of benzene rings is 4. The van der Waals surface area contributed by atoms with Gasteiger partial charge in [-0.25, -0.2) is 4.39 Å². The van der Waals surface area contributed by atoms with Crippen LogP contribution in [0.4, 0.5) is 10.1 Å². The van der Waals surface area contributed by atoms with E-state index in [1.54, 1.807) is 11.0 Å². The first-order valence-corrected chi connectivity index (χ1v) is 13.4. The normalized spacial score (nSPS) is 10.9. The lowest BCUT2D eigenvalue weighted by molar-refractivity contribution is -0.116. The molecule has 4 aromatic rings. The summed E-state index contributed by atoms with van der Waals surface area (Å²) in [5.74, 6) is 0.138. The molecule has 0 fully saturated rings. The molecule has 0 radical (unpaired) electrons. The molecule has 0 saturated heterocycles. The van der Waals surface area contributed by atoms with Crippen molar-refractivity contribution in [1.82, 2.24) is 0 Å². The summed E-state index contributed by atoms with van der Waals surface area (Å²) >= 11 is 0. The van der Waals surface area contributed by atoms with E-state index in [-0.39, 0.29) is 18.3 Å². The van der Waals surface area contributed by atoms with Crippen LogP contribution >= 0.6 is 0 Å². The van der Waals surface area contributed by atoms with E-state index >= 15 is 0 Å². The Morgan fingerprint density at radius 2 is 1.56 bits per heavy atom. The molecule has 0 aromatic heterocycles. The highest BCUT2D eigenvalue weighted by Crippen LogP contribution is 2.29. The fourth-order valence-electron chi connectivity index (χ4n) is 4.53. The van der Waals surface area contributed by atoms with Gasteiger partial charge in [0.05, 0.1) is 25.4 Å². The van der Waals surface area contributed by atoms with E-state index in [1.807, 2.05) is 55.5 Å². The van der Waals surface area contributed by atoms with Crippen LogP contribution in [0.3, 0.4) is 0 Å². The van der Waals surface area contributed by atoms with Crippen molar-refractivity contribution in [2.75, 3.05) is 18.1 Å². The van der Waals surface area contributed by atoms with E-state index in [0.717, 1.165) is 34.2 Å². The summed E-state index contributed by atoms with van der Waals surface area (Å²) in [5.41, 5.74) is 6.88. The first kappa shape index (κ1) is 28.1. The molecule has 0 atom stereocenters. The number of ether oxygens (including phenoxy) is 2. The molecule has 39 heavy (non-hydrogen) atoms. The highest BCUT2D eigenvalue weighted by atomic mass is 19.1. The molecule has 0 unspecified atom stereocenters. The number of nitrogens with zero attached hydrogens (tertiary/aromatic N) is 1. The lowest BCUT2D eigenvalue weighted by Crippen LogP contribution is -2.29. The summed E-state index contributed by atoms with van der Waals surface area (Å²) in [7, 11) is 0. The largest absolute Gasteiger partial charge is 0.491 e. The van der Waals surface area contributed by atoms with Crippen LogP contribution in [0.1, 0.15) is 47.2 Å². The van der Waals surface area contributed by atoms with Gasteiger partial charge < -0.3 is 14.4 Å². The van der Waals surface area contributed by atoms with Crippen molar-refractivity contribution in [3.05, 3.63) is 130 Å². The number of halogens is 1. The Morgan fingerprint density at radius 1 is 0.821 bits per heavy atom. The summed E-state index contributed by atoms with van der Waals surface area (Å²) in [4.78, 5) is 14.5. The van der Waals surface area contributed by atoms with Crippen LogP contribution in [0, 0.1) is 12.7 Å². The molecule has 202 valence electrons. The zero-order valence-electron chi connectivity index (χ0n) is 23.0. The minimum absolute atomic E-state index is 0.167. The van der Waals surface area contributed by atoms with Crippen molar-refractivity contribution < 1.29 is 18.7 Å². The summed E-state index contributed by atoms with van der Waals surface area (Å²) in [6, 6.07) is 29.0. The number of carbonyl (C=O) groups is 1. The highest BCUT2D eigenvalue weighted by molar-refractivity contribution is 5.92. The smallest absolute Gasteiger partial charge is 0.224 e. The fourth-order valence-corrected chi connectivity index (χ4v) is 4.53. The predicted molar refractivity (Wildman–Crippen MR) is 155 cm³/mol. The van der Waals surface area contributed by atoms with Crippen LogP contribution < -0.4 is 9.64 Å². The van der Waals surface area contributed by atoms with Crippen LogP contribution in [-0.2, 0) is 35.5 Å². The van der Waals surface area contributed by atoms with E-state index in [0.29, 0.717) is 37.7 Å². The van der Waals surface area contributed by atoms with Crippen molar-refractivity contribution in [2.24, 2.45) is 0 Å². The molecule has 0 heterocycles. The molecule has 4 aromatic carbocycles. The standard InChI is InChI=1S/C34H36FNO3/c1-4-27-11-13-29(14-12-27)24-38-18-19-39-34-17-10-25(2)20-31(34)23-36(26(3)37)33-22-32(35)16-15-30(33)21-28-8-6-5-7-9-28/h5-17,20,22H,4,18-19,21,23-24H2,1-3H3. The molecule has 1 amide bonds. The maximum Gasteiger partial charge on any atom is 0.224 e. The van der Waals surface area contributed by atoms with Gasteiger partial charge in [0.1, 0.15) is 18.2 Å². The zero-order chi connectivity index (χ0) is 27.6. The Kier molecular flexibility index (Phi) is 9.87. The first-order valence-electron chi connectivity index (χ1n) is 13.4. The van der Waals surface area contributed by atoms with Gasteiger partial charge in [0.25, 0.3) is 0 Å². The second-order valence-corrected chi connectivity index (χ2v) is 9.72. The molecular weight excluding hydrogens is 489 g/mol. The van der Waals surface area contributed by atoms with E-state index in [4.69, 9.17) is 9.47 Å². The Hall–Kier alpha value is -3.96. The minimum Gasteiger partial charge on any atom is -0.491 e. The summed E-state index contributed by atoms with van der Waals surface area (Å²) in [6.07, 6.45) is 1.61. The number of hydrogen-bond donors (Lipinski definition) is 0. The third kappa shape index (κ3) is 8.01. The molecule has 5 heteroatoms. The Balaban J connectivity index is 1.46. The van der Waals surface area contributed by atoms with E-state index in [2.05, 4.69) is 31.2 Å². The molecule has 0 aliphatic carbocycles. The van der Waals surface area contributed by atoms with E-state index in [9.17, 15) is 9.18 Å². The van der Waals surface area contributed by atoms with Crippen LogP contribution in [0.15, 0.2) is 91.0 Å². The van der Waals surface area contributed by atoms with Gasteiger partial charge in [0.2, 0.25) is 5.91 Å². The average Bonchev–Trinajstić information content (AvgIpc) is 2.94. The number of aryl methyl sites for hydroxylation is 2. The van der Waals surface area contributed by atoms with E-state index < -0.39 is 0 Å². The molecule has 0 aliphatic heterocycles. The van der Waals surface area contributed by atoms with Gasteiger partial charge in [-0.2, -0.15) is 0 Å². The second-order valence-electron chi connectivity index (χ2n) is 9.72. The second kappa shape index (κ2) is 13.7. The van der Waals surface area contributed by atoms with Gasteiger partial charge in [-0.1, -0.05) is 85.3 Å². The SMILES string of the molecule is CCc1ccc(COCCOc2ccc(C)cc2CN(C(C)=O)c2cc(F)ccc2Cc2ccccc2)cc1. The molecule has 0 spiro atoms. The molecule has 0 N–H and O–H groups in total. The quantitative estimate of drug-likeness (QED) is 0.181. The van der Waals surface area contributed by atoms with Crippen molar-refractivity contribution in [1.29, 1.82) is 0 Å². The van der Waals surface area contributed by atoms with E-state index in [1.165, 1.54) is 24.6 Å². The monoisotopic (exact) mass is 525 g/mol. The maximum absolute atomic E-state index is 14.4. The molecule has 0 saturated carbocycles. The van der Waals surface area contributed by atoms with Crippen molar-refractivity contribution in [3.63, 3.8) is 0 Å². The van der Waals surface area contributed by atoms with Crippen LogP contribution in [0.2, 0.25) is 0 Å². The first-order chi connectivity index (χ1) is 18.9. The molecular formula is C34H36FNO3. The third-order valence-electron chi connectivity index (χ3n) is 6.69. The topological polar surface area (TPSA) is 38.8 Å². The fraction of sp³-hybridized carbons (Fsp3) is 0.265. The number of anilines is 1. The van der Waals surface area contributed by atoms with Crippen LogP contribution in [-0.4, -0.2) is 19.1 Å². The molecule has 4 nitrogen and oxygen atoms in total. The molecule has 4 rings (SSSR count). The van der Waals surface area contributed by atoms with Gasteiger partial charge in [0, 0.05) is 12.5 Å². The number of rotatable bonds is 12. The maximum atomic E-state index is 14.4. The van der Waals surface area contributed by atoms with Gasteiger partial charge in [-0.05, 0) is 60.2 Å². The number of carbonyl (C=O) groups excluding carboxylic acids is 1. The van der Waals surface area contributed by atoms with Crippen molar-refractivity contribution in [2.45, 2.75) is 46.8 Å². The van der Waals surface area contributed by atoms with Gasteiger partial charge in [-0.3, -0.25) is 4.79 Å². The average molecular weight is 526 g/mol. The van der Waals surface area contributed by atoms with Gasteiger partial charge >= 0.3 is 0 Å². The predicted octanol–water partition coefficient (Wildman–Crippen LogP) is 7.44. The van der Waals surface area contributed by atoms with Crippen molar-refractivity contribution >= 4 is 11.6 Å². The van der Waals surface area contributed by atoms with Gasteiger partial charge in [0.15, 0.2) is 0 Å². The van der Waals surface area contributed by atoms with Crippen molar-refractivity contribution in [3.8, 4) is 5.75 Å².